The zero-order valence-corrected chi connectivity index (χ0v) is 17.5. The summed E-state index contributed by atoms with van der Waals surface area (Å²) in [6, 6.07) is 12.1. The van der Waals surface area contributed by atoms with Gasteiger partial charge in [0.2, 0.25) is 5.91 Å². The van der Waals surface area contributed by atoms with Gasteiger partial charge in [-0.25, -0.2) is 4.39 Å². The molecule has 0 bridgehead atoms. The van der Waals surface area contributed by atoms with Crippen LogP contribution in [-0.4, -0.2) is 34.0 Å². The van der Waals surface area contributed by atoms with Crippen molar-refractivity contribution in [2.75, 3.05) is 5.75 Å². The Morgan fingerprint density at radius 3 is 2.39 bits per heavy atom. The summed E-state index contributed by atoms with van der Waals surface area (Å²) >= 11 is 7.72. The van der Waals surface area contributed by atoms with E-state index in [1.54, 1.807) is 41.3 Å². The SMILES string of the molecule is CC(C)(C)NC(=O)C1CSC(c2ccc(F)cc2)N1C(=O)c1ccccc1Cl. The van der Waals surface area contributed by atoms with Gasteiger partial charge in [-0.1, -0.05) is 35.9 Å². The zero-order valence-electron chi connectivity index (χ0n) is 15.9. The van der Waals surface area contributed by atoms with Crippen molar-refractivity contribution < 1.29 is 14.0 Å². The highest BCUT2D eigenvalue weighted by atomic mass is 35.5. The predicted octanol–water partition coefficient (Wildman–Crippen LogP) is 4.65. The molecule has 1 heterocycles. The molecular formula is C21H22ClFN2O2S. The van der Waals surface area contributed by atoms with Crippen LogP contribution in [0.3, 0.4) is 0 Å². The smallest absolute Gasteiger partial charge is 0.257 e. The topological polar surface area (TPSA) is 49.4 Å². The number of amides is 2. The second-order valence-corrected chi connectivity index (χ2v) is 9.20. The highest BCUT2D eigenvalue weighted by Gasteiger charge is 2.43. The van der Waals surface area contributed by atoms with E-state index >= 15 is 0 Å². The maximum Gasteiger partial charge on any atom is 0.257 e. The largest absolute Gasteiger partial charge is 0.350 e. The number of benzene rings is 2. The Morgan fingerprint density at radius 2 is 1.79 bits per heavy atom. The van der Waals surface area contributed by atoms with Crippen LogP contribution in [0.1, 0.15) is 42.1 Å². The van der Waals surface area contributed by atoms with E-state index in [4.69, 9.17) is 11.6 Å². The van der Waals surface area contributed by atoms with Crippen LogP contribution < -0.4 is 5.32 Å². The maximum atomic E-state index is 13.4. The van der Waals surface area contributed by atoms with Crippen molar-refractivity contribution in [2.45, 2.75) is 37.7 Å². The fourth-order valence-corrected chi connectivity index (χ4v) is 4.71. The molecule has 1 fully saturated rings. The van der Waals surface area contributed by atoms with Crippen LogP contribution in [0.5, 0.6) is 0 Å². The van der Waals surface area contributed by atoms with Gasteiger partial charge in [-0.2, -0.15) is 0 Å². The Balaban J connectivity index is 1.99. The molecule has 1 aliphatic rings. The molecule has 148 valence electrons. The van der Waals surface area contributed by atoms with E-state index in [2.05, 4.69) is 5.32 Å². The number of hydrogen-bond donors (Lipinski definition) is 1. The Morgan fingerprint density at radius 1 is 1.14 bits per heavy atom. The van der Waals surface area contributed by atoms with Crippen molar-refractivity contribution in [3.05, 3.63) is 70.5 Å². The summed E-state index contributed by atoms with van der Waals surface area (Å²) in [4.78, 5) is 27.8. The predicted molar refractivity (Wildman–Crippen MR) is 111 cm³/mol. The molecule has 3 rings (SSSR count). The van der Waals surface area contributed by atoms with Gasteiger partial charge in [0.1, 0.15) is 17.2 Å². The van der Waals surface area contributed by atoms with Crippen molar-refractivity contribution in [1.29, 1.82) is 0 Å². The van der Waals surface area contributed by atoms with Crippen molar-refractivity contribution in [3.63, 3.8) is 0 Å². The fourth-order valence-electron chi connectivity index (χ4n) is 3.07. The maximum absolute atomic E-state index is 13.4. The van der Waals surface area contributed by atoms with Crippen molar-refractivity contribution in [3.8, 4) is 0 Å². The summed E-state index contributed by atoms with van der Waals surface area (Å²) in [6.07, 6.45) is 0. The van der Waals surface area contributed by atoms with Crippen LogP contribution in [0.25, 0.3) is 0 Å². The normalized spacial score (nSPS) is 19.5. The number of carbonyl (C=O) groups is 2. The second-order valence-electron chi connectivity index (χ2n) is 7.68. The molecule has 0 saturated carbocycles. The third kappa shape index (κ3) is 4.50. The van der Waals surface area contributed by atoms with E-state index < -0.39 is 17.0 Å². The highest BCUT2D eigenvalue weighted by Crippen LogP contribution is 2.43. The first-order valence-electron chi connectivity index (χ1n) is 8.93. The van der Waals surface area contributed by atoms with Gasteiger partial charge < -0.3 is 10.2 Å². The first kappa shape index (κ1) is 20.7. The molecule has 1 aliphatic heterocycles. The number of rotatable bonds is 3. The highest BCUT2D eigenvalue weighted by molar-refractivity contribution is 7.99. The van der Waals surface area contributed by atoms with Gasteiger partial charge in [0.05, 0.1) is 10.6 Å². The number of nitrogens with zero attached hydrogens (tertiary/aromatic N) is 1. The van der Waals surface area contributed by atoms with Crippen molar-refractivity contribution in [1.82, 2.24) is 10.2 Å². The van der Waals surface area contributed by atoms with Crippen molar-refractivity contribution >= 4 is 35.2 Å². The summed E-state index contributed by atoms with van der Waals surface area (Å²) in [5, 5.41) is 2.88. The van der Waals surface area contributed by atoms with Crippen LogP contribution in [-0.2, 0) is 4.79 Å². The van der Waals surface area contributed by atoms with E-state index in [1.165, 1.54) is 23.9 Å². The number of thioether (sulfide) groups is 1. The molecule has 7 heteroatoms. The molecule has 2 aromatic carbocycles. The average Bonchev–Trinajstić information content (AvgIpc) is 3.06. The van der Waals surface area contributed by atoms with E-state index in [9.17, 15) is 14.0 Å². The molecule has 1 N–H and O–H groups in total. The van der Waals surface area contributed by atoms with Gasteiger partial charge >= 0.3 is 0 Å². The molecule has 4 nitrogen and oxygen atoms in total. The summed E-state index contributed by atoms with van der Waals surface area (Å²) < 4.78 is 13.4. The monoisotopic (exact) mass is 420 g/mol. The molecule has 1 saturated heterocycles. The number of hydrogen-bond acceptors (Lipinski definition) is 3. The van der Waals surface area contributed by atoms with E-state index in [0.717, 1.165) is 5.56 Å². The lowest BCUT2D eigenvalue weighted by Crippen LogP contribution is -2.52. The summed E-state index contributed by atoms with van der Waals surface area (Å²) in [6.45, 7) is 5.68. The lowest BCUT2D eigenvalue weighted by molar-refractivity contribution is -0.126. The summed E-state index contributed by atoms with van der Waals surface area (Å²) in [7, 11) is 0. The zero-order chi connectivity index (χ0) is 20.5. The van der Waals surface area contributed by atoms with Crippen LogP contribution >= 0.6 is 23.4 Å². The molecule has 0 spiro atoms. The Labute approximate surface area is 173 Å². The van der Waals surface area contributed by atoms with Gasteiger partial charge in [0.15, 0.2) is 0 Å². The Hall–Kier alpha value is -2.05. The van der Waals surface area contributed by atoms with E-state index in [1.807, 2.05) is 20.8 Å². The number of nitrogens with one attached hydrogen (secondary N) is 1. The minimum Gasteiger partial charge on any atom is -0.350 e. The van der Waals surface area contributed by atoms with E-state index in [-0.39, 0.29) is 17.6 Å². The minimum atomic E-state index is -0.650. The van der Waals surface area contributed by atoms with Gasteiger partial charge in [-0.05, 0) is 50.6 Å². The van der Waals surface area contributed by atoms with Crippen LogP contribution in [0.2, 0.25) is 5.02 Å². The second kappa shape index (κ2) is 8.13. The van der Waals surface area contributed by atoms with Gasteiger partial charge in [0.25, 0.3) is 5.91 Å². The first-order chi connectivity index (χ1) is 13.2. The molecule has 2 unspecified atom stereocenters. The lowest BCUT2D eigenvalue weighted by Gasteiger charge is -2.31. The number of carbonyl (C=O) groups excluding carboxylic acids is 2. The summed E-state index contributed by atoms with van der Waals surface area (Å²) in [5.41, 5.74) is 0.680. The summed E-state index contributed by atoms with van der Waals surface area (Å²) in [5.74, 6) is -0.443. The molecule has 28 heavy (non-hydrogen) atoms. The molecule has 0 radical (unpaired) electrons. The molecule has 2 amide bonds. The fraction of sp³-hybridized carbons (Fsp3) is 0.333. The standard InChI is InChI=1S/C21H22ClFN2O2S/c1-21(2,3)24-18(26)17-12-28-20(13-8-10-14(23)11-9-13)25(17)19(27)15-6-4-5-7-16(15)22/h4-11,17,20H,12H2,1-3H3,(H,24,26). The Bertz CT molecular complexity index is 883. The van der Waals surface area contributed by atoms with Crippen LogP contribution in [0.4, 0.5) is 4.39 Å². The number of halogens is 2. The molecular weight excluding hydrogens is 399 g/mol. The van der Waals surface area contributed by atoms with Crippen LogP contribution in [0.15, 0.2) is 48.5 Å². The van der Waals surface area contributed by atoms with Crippen molar-refractivity contribution in [2.24, 2.45) is 0 Å². The van der Waals surface area contributed by atoms with E-state index in [0.29, 0.717) is 16.3 Å². The molecule has 2 aromatic rings. The minimum absolute atomic E-state index is 0.218. The lowest BCUT2D eigenvalue weighted by atomic mass is 10.1. The molecule has 2 atom stereocenters. The van der Waals surface area contributed by atoms with Gasteiger partial charge in [-0.15, -0.1) is 11.8 Å². The third-order valence-electron chi connectivity index (χ3n) is 4.30. The quantitative estimate of drug-likeness (QED) is 0.786. The molecule has 0 aromatic heterocycles. The average molecular weight is 421 g/mol. The van der Waals surface area contributed by atoms with Gasteiger partial charge in [-0.3, -0.25) is 9.59 Å². The Kier molecular flexibility index (Phi) is 6.01. The first-order valence-corrected chi connectivity index (χ1v) is 10.4. The van der Waals surface area contributed by atoms with Crippen LogP contribution in [0, 0.1) is 5.82 Å². The van der Waals surface area contributed by atoms with Gasteiger partial charge in [0, 0.05) is 11.3 Å². The third-order valence-corrected chi connectivity index (χ3v) is 5.95. The molecule has 0 aliphatic carbocycles.